The second kappa shape index (κ2) is 5.81. The van der Waals surface area contributed by atoms with Gasteiger partial charge in [0.2, 0.25) is 0 Å². The van der Waals surface area contributed by atoms with Crippen molar-refractivity contribution in [3.63, 3.8) is 0 Å². The molecule has 0 radical (unpaired) electrons. The third-order valence-corrected chi connectivity index (χ3v) is 3.63. The van der Waals surface area contributed by atoms with E-state index in [1.807, 2.05) is 60.7 Å². The number of aromatic nitrogens is 1. The number of hydrogen-bond donors (Lipinski definition) is 5. The van der Waals surface area contributed by atoms with Crippen LogP contribution in [0.5, 0.6) is 0 Å². The summed E-state index contributed by atoms with van der Waals surface area (Å²) in [4.78, 5) is 3.31. The normalized spacial score (nSPS) is 11.1. The van der Waals surface area contributed by atoms with Gasteiger partial charge < -0.3 is 16.5 Å². The summed E-state index contributed by atoms with van der Waals surface area (Å²) < 4.78 is 0. The maximum absolute atomic E-state index is 7.49. The molecule has 0 aliphatic rings. The van der Waals surface area contributed by atoms with Crippen LogP contribution in [0.25, 0.3) is 23.1 Å². The number of hydrogen-bond acceptors (Lipinski definition) is 2. The first-order chi connectivity index (χ1) is 11.0. The Morgan fingerprint density at radius 1 is 0.826 bits per heavy atom. The molecule has 0 atom stereocenters. The third kappa shape index (κ3) is 3.13. The van der Waals surface area contributed by atoms with Crippen LogP contribution in [0, 0.1) is 10.8 Å². The highest BCUT2D eigenvalue weighted by Gasteiger charge is 2.02. The highest BCUT2D eigenvalue weighted by Crippen LogP contribution is 2.19. The predicted molar refractivity (Wildman–Crippen MR) is 95.7 cm³/mol. The molecule has 3 rings (SSSR count). The molecule has 0 bridgehead atoms. The zero-order valence-corrected chi connectivity index (χ0v) is 12.4. The van der Waals surface area contributed by atoms with Gasteiger partial charge in [0, 0.05) is 27.7 Å². The molecule has 0 saturated carbocycles. The van der Waals surface area contributed by atoms with Crippen molar-refractivity contribution in [1.82, 2.24) is 4.98 Å². The van der Waals surface area contributed by atoms with Crippen molar-refractivity contribution >= 4 is 34.7 Å². The van der Waals surface area contributed by atoms with E-state index in [1.54, 1.807) is 0 Å². The molecule has 5 nitrogen and oxygen atoms in total. The summed E-state index contributed by atoms with van der Waals surface area (Å²) in [7, 11) is 0. The molecule has 0 unspecified atom stereocenters. The maximum Gasteiger partial charge on any atom is 0.122 e. The van der Waals surface area contributed by atoms with Crippen LogP contribution in [0.2, 0.25) is 0 Å². The van der Waals surface area contributed by atoms with Crippen molar-refractivity contribution in [2.75, 3.05) is 0 Å². The average molecular weight is 303 g/mol. The molecule has 0 saturated heterocycles. The predicted octanol–water partition coefficient (Wildman–Crippen LogP) is 2.91. The van der Waals surface area contributed by atoms with Crippen LogP contribution in [0.4, 0.5) is 0 Å². The van der Waals surface area contributed by atoms with Gasteiger partial charge in [-0.3, -0.25) is 10.8 Å². The molecule has 0 aliphatic carbocycles. The number of H-pyrrole nitrogens is 1. The van der Waals surface area contributed by atoms with Crippen LogP contribution in [-0.4, -0.2) is 16.7 Å². The van der Waals surface area contributed by atoms with E-state index >= 15 is 0 Å². The first-order valence-electron chi connectivity index (χ1n) is 7.12. The van der Waals surface area contributed by atoms with Crippen LogP contribution in [-0.2, 0) is 0 Å². The molecule has 1 heterocycles. The Kier molecular flexibility index (Phi) is 3.68. The van der Waals surface area contributed by atoms with E-state index in [2.05, 4.69) is 4.98 Å². The molecule has 0 aliphatic heterocycles. The zero-order chi connectivity index (χ0) is 16.4. The van der Waals surface area contributed by atoms with Gasteiger partial charge in [-0.2, -0.15) is 0 Å². The van der Waals surface area contributed by atoms with Gasteiger partial charge in [-0.25, -0.2) is 0 Å². The molecule has 2 aromatic carbocycles. The van der Waals surface area contributed by atoms with Gasteiger partial charge >= 0.3 is 0 Å². The lowest BCUT2D eigenvalue weighted by atomic mass is 10.1. The minimum absolute atomic E-state index is 0.0655. The Bertz CT molecular complexity index is 916. The van der Waals surface area contributed by atoms with Gasteiger partial charge in [-0.1, -0.05) is 30.3 Å². The summed E-state index contributed by atoms with van der Waals surface area (Å²) >= 11 is 0. The second-order valence-corrected chi connectivity index (χ2v) is 5.31. The Morgan fingerprint density at radius 2 is 1.48 bits per heavy atom. The number of amidine groups is 2. The summed E-state index contributed by atoms with van der Waals surface area (Å²) in [5.41, 5.74) is 15.4. The molecule has 114 valence electrons. The summed E-state index contributed by atoms with van der Waals surface area (Å²) in [5.74, 6) is 0.133. The number of fused-ring (bicyclic) bond motifs is 1. The lowest BCUT2D eigenvalue weighted by Crippen LogP contribution is -2.10. The Labute approximate surface area is 133 Å². The van der Waals surface area contributed by atoms with E-state index < -0.39 is 0 Å². The second-order valence-electron chi connectivity index (χ2n) is 5.31. The van der Waals surface area contributed by atoms with E-state index in [0.717, 1.165) is 22.2 Å². The summed E-state index contributed by atoms with van der Waals surface area (Å²) in [6.45, 7) is 0. The van der Waals surface area contributed by atoms with Gasteiger partial charge in [-0.15, -0.1) is 0 Å². The number of nitrogens with one attached hydrogen (secondary N) is 3. The van der Waals surface area contributed by atoms with Crippen LogP contribution >= 0.6 is 0 Å². The molecular formula is C18H17N5. The van der Waals surface area contributed by atoms with Crippen molar-refractivity contribution in [2.45, 2.75) is 0 Å². The third-order valence-electron chi connectivity index (χ3n) is 3.63. The van der Waals surface area contributed by atoms with Crippen molar-refractivity contribution < 1.29 is 0 Å². The lowest BCUT2D eigenvalue weighted by Gasteiger charge is -1.98. The van der Waals surface area contributed by atoms with Gasteiger partial charge in [0.1, 0.15) is 11.7 Å². The van der Waals surface area contributed by atoms with Gasteiger partial charge in [-0.05, 0) is 35.9 Å². The fourth-order valence-corrected chi connectivity index (χ4v) is 2.37. The van der Waals surface area contributed by atoms with Crippen molar-refractivity contribution in [2.24, 2.45) is 11.5 Å². The van der Waals surface area contributed by atoms with Gasteiger partial charge in [0.25, 0.3) is 0 Å². The molecule has 5 heteroatoms. The number of benzene rings is 2. The molecule has 0 spiro atoms. The fraction of sp³-hybridized carbons (Fsp3) is 0. The average Bonchev–Trinajstić information content (AvgIpc) is 2.95. The minimum atomic E-state index is 0.0655. The standard InChI is InChI=1S/C18H17N5/c19-17(20)12-4-1-11(2-5-12)3-7-15-10-14-9-13(18(21)22)6-8-16(14)23-15/h1-10,23H,(H3,19,20)(H3,21,22)/b7-3+. The van der Waals surface area contributed by atoms with Crippen molar-refractivity contribution in [3.8, 4) is 0 Å². The van der Waals surface area contributed by atoms with Crippen LogP contribution < -0.4 is 11.5 Å². The Balaban J connectivity index is 1.85. The highest BCUT2D eigenvalue weighted by molar-refractivity contribution is 5.99. The smallest absolute Gasteiger partial charge is 0.122 e. The topological polar surface area (TPSA) is 116 Å². The first kappa shape index (κ1) is 14.6. The molecule has 3 aromatic rings. The van der Waals surface area contributed by atoms with Crippen LogP contribution in [0.3, 0.4) is 0 Å². The fourth-order valence-electron chi connectivity index (χ4n) is 2.37. The number of nitrogens with two attached hydrogens (primary N) is 2. The minimum Gasteiger partial charge on any atom is -0.384 e. The number of nitrogen functional groups attached to an aromatic ring is 2. The number of rotatable bonds is 4. The van der Waals surface area contributed by atoms with E-state index in [9.17, 15) is 0 Å². The summed E-state index contributed by atoms with van der Waals surface area (Å²) in [5, 5.41) is 15.9. The first-order valence-corrected chi connectivity index (χ1v) is 7.12. The molecule has 7 N–H and O–H groups in total. The van der Waals surface area contributed by atoms with Crippen LogP contribution in [0.15, 0.2) is 48.5 Å². The van der Waals surface area contributed by atoms with E-state index in [4.69, 9.17) is 22.3 Å². The monoisotopic (exact) mass is 303 g/mol. The number of aromatic amines is 1. The van der Waals surface area contributed by atoms with E-state index in [1.165, 1.54) is 0 Å². The largest absolute Gasteiger partial charge is 0.384 e. The Morgan fingerprint density at radius 3 is 2.13 bits per heavy atom. The van der Waals surface area contributed by atoms with Gasteiger partial charge in [0.15, 0.2) is 0 Å². The summed E-state index contributed by atoms with van der Waals surface area (Å²) in [6.07, 6.45) is 3.97. The highest BCUT2D eigenvalue weighted by atomic mass is 14.7. The zero-order valence-electron chi connectivity index (χ0n) is 12.4. The molecule has 23 heavy (non-hydrogen) atoms. The Hall–Kier alpha value is -3.34. The van der Waals surface area contributed by atoms with E-state index in [0.29, 0.717) is 11.1 Å². The molecular weight excluding hydrogens is 286 g/mol. The maximum atomic E-state index is 7.49. The lowest BCUT2D eigenvalue weighted by molar-refractivity contribution is 1.42. The van der Waals surface area contributed by atoms with E-state index in [-0.39, 0.29) is 11.7 Å². The van der Waals surface area contributed by atoms with Crippen molar-refractivity contribution in [1.29, 1.82) is 10.8 Å². The summed E-state index contributed by atoms with van der Waals surface area (Å²) in [6, 6.07) is 15.2. The van der Waals surface area contributed by atoms with Crippen molar-refractivity contribution in [3.05, 3.63) is 70.9 Å². The van der Waals surface area contributed by atoms with Crippen LogP contribution in [0.1, 0.15) is 22.4 Å². The van der Waals surface area contributed by atoms with Gasteiger partial charge in [0.05, 0.1) is 0 Å². The SMILES string of the molecule is N=C(N)c1ccc(/C=C/c2cc3cc(C(=N)N)ccc3[nH]2)cc1. The molecule has 0 fully saturated rings. The molecule has 0 amide bonds. The quantitative estimate of drug-likeness (QED) is 0.376. The molecule has 1 aromatic heterocycles.